The van der Waals surface area contributed by atoms with E-state index in [0.29, 0.717) is 18.7 Å². The molecule has 0 atom stereocenters. The first-order valence-electron chi connectivity index (χ1n) is 6.71. The van der Waals surface area contributed by atoms with Gasteiger partial charge in [-0.3, -0.25) is 4.79 Å². The van der Waals surface area contributed by atoms with Crippen LogP contribution in [0, 0.1) is 0 Å². The van der Waals surface area contributed by atoms with Crippen LogP contribution in [0.1, 0.15) is 44.0 Å². The van der Waals surface area contributed by atoms with Gasteiger partial charge in [0.05, 0.1) is 0 Å². The van der Waals surface area contributed by atoms with Crippen LogP contribution < -0.4 is 4.18 Å². The summed E-state index contributed by atoms with van der Waals surface area (Å²) in [6.45, 7) is 6.15. The average molecular weight is 299 g/mol. The molecule has 0 saturated heterocycles. The van der Waals surface area contributed by atoms with Gasteiger partial charge in [0, 0.05) is 18.7 Å². The van der Waals surface area contributed by atoms with Crippen molar-refractivity contribution in [1.82, 2.24) is 4.31 Å². The van der Waals surface area contributed by atoms with Crippen molar-refractivity contribution in [1.29, 1.82) is 0 Å². The Bertz CT molecular complexity index is 531. The second kappa shape index (κ2) is 7.40. The molecule has 0 N–H and O–H groups in total. The molecule has 112 valence electrons. The van der Waals surface area contributed by atoms with E-state index in [4.69, 9.17) is 4.18 Å². The van der Waals surface area contributed by atoms with Crippen molar-refractivity contribution in [2.75, 3.05) is 13.1 Å². The molecular weight excluding hydrogens is 278 g/mol. The molecule has 0 bridgehead atoms. The van der Waals surface area contributed by atoms with Gasteiger partial charge < -0.3 is 4.18 Å². The summed E-state index contributed by atoms with van der Waals surface area (Å²) in [6, 6.07) is 6.09. The predicted molar refractivity (Wildman–Crippen MR) is 78.1 cm³/mol. The van der Waals surface area contributed by atoms with E-state index in [1.165, 1.54) is 23.4 Å². The summed E-state index contributed by atoms with van der Waals surface area (Å²) in [5, 5.41) is 0. The second-order valence-corrected chi connectivity index (χ2v) is 6.06. The molecule has 6 heteroatoms. The third kappa shape index (κ3) is 4.61. The fourth-order valence-corrected chi connectivity index (χ4v) is 3.03. The maximum absolute atomic E-state index is 12.1. The van der Waals surface area contributed by atoms with Gasteiger partial charge in [-0.2, -0.15) is 12.7 Å². The van der Waals surface area contributed by atoms with Crippen LogP contribution in [0.3, 0.4) is 0 Å². The Kier molecular flexibility index (Phi) is 6.16. The van der Waals surface area contributed by atoms with Crippen molar-refractivity contribution in [2.24, 2.45) is 0 Å². The first kappa shape index (κ1) is 16.7. The standard InChI is InChI=1S/C14H21NO4S/c1-4-10-15(11-5-2)20(17,18)19-14-8-6-13(7-9-14)12(3)16/h6-9H,4-5,10-11H2,1-3H3. The zero-order valence-corrected chi connectivity index (χ0v) is 12.9. The topological polar surface area (TPSA) is 63.7 Å². The molecule has 0 saturated carbocycles. The monoisotopic (exact) mass is 299 g/mol. The van der Waals surface area contributed by atoms with Gasteiger partial charge in [-0.1, -0.05) is 13.8 Å². The molecule has 1 aromatic carbocycles. The van der Waals surface area contributed by atoms with Gasteiger partial charge in [-0.05, 0) is 44.0 Å². The second-order valence-electron chi connectivity index (χ2n) is 4.52. The van der Waals surface area contributed by atoms with Crippen molar-refractivity contribution in [3.05, 3.63) is 29.8 Å². The summed E-state index contributed by atoms with van der Waals surface area (Å²) in [6.07, 6.45) is 1.46. The maximum atomic E-state index is 12.1. The quantitative estimate of drug-likeness (QED) is 0.692. The molecular formula is C14H21NO4S. The van der Waals surface area contributed by atoms with Gasteiger partial charge in [-0.25, -0.2) is 0 Å². The van der Waals surface area contributed by atoms with Crippen LogP contribution in [0.4, 0.5) is 0 Å². The maximum Gasteiger partial charge on any atom is 0.385 e. The van der Waals surface area contributed by atoms with E-state index in [9.17, 15) is 13.2 Å². The minimum absolute atomic E-state index is 0.0713. The lowest BCUT2D eigenvalue weighted by Crippen LogP contribution is -2.35. The molecule has 1 rings (SSSR count). The Morgan fingerprint density at radius 2 is 1.60 bits per heavy atom. The molecule has 0 unspecified atom stereocenters. The lowest BCUT2D eigenvalue weighted by molar-refractivity contribution is 0.101. The lowest BCUT2D eigenvalue weighted by atomic mass is 10.1. The van der Waals surface area contributed by atoms with Gasteiger partial charge >= 0.3 is 10.3 Å². The number of benzene rings is 1. The average Bonchev–Trinajstić information content (AvgIpc) is 2.38. The number of nitrogens with zero attached hydrogens (tertiary/aromatic N) is 1. The summed E-state index contributed by atoms with van der Waals surface area (Å²) in [5.74, 6) is 0.144. The highest BCUT2D eigenvalue weighted by atomic mass is 32.2. The smallest absolute Gasteiger partial charge is 0.371 e. The van der Waals surface area contributed by atoms with Gasteiger partial charge in [-0.15, -0.1) is 0 Å². The van der Waals surface area contributed by atoms with E-state index in [-0.39, 0.29) is 11.5 Å². The van der Waals surface area contributed by atoms with E-state index in [0.717, 1.165) is 12.8 Å². The van der Waals surface area contributed by atoms with Gasteiger partial charge in [0.15, 0.2) is 5.78 Å². The van der Waals surface area contributed by atoms with E-state index in [2.05, 4.69) is 0 Å². The van der Waals surface area contributed by atoms with Crippen molar-refractivity contribution >= 4 is 16.1 Å². The van der Waals surface area contributed by atoms with Crippen LogP contribution in [0.25, 0.3) is 0 Å². The molecule has 5 nitrogen and oxygen atoms in total. The zero-order chi connectivity index (χ0) is 15.2. The molecule has 20 heavy (non-hydrogen) atoms. The molecule has 0 aromatic heterocycles. The van der Waals surface area contributed by atoms with Crippen LogP contribution in [-0.2, 0) is 10.3 Å². The van der Waals surface area contributed by atoms with Crippen LogP contribution in [0.15, 0.2) is 24.3 Å². The number of carbonyl (C=O) groups excluding carboxylic acids is 1. The highest BCUT2D eigenvalue weighted by Gasteiger charge is 2.22. The van der Waals surface area contributed by atoms with E-state index in [1.54, 1.807) is 12.1 Å². The van der Waals surface area contributed by atoms with Crippen molar-refractivity contribution < 1.29 is 17.4 Å². The molecule has 0 radical (unpaired) electrons. The highest BCUT2D eigenvalue weighted by molar-refractivity contribution is 7.84. The lowest BCUT2D eigenvalue weighted by Gasteiger charge is -2.20. The van der Waals surface area contributed by atoms with Gasteiger partial charge in [0.1, 0.15) is 5.75 Å². The Morgan fingerprint density at radius 1 is 1.10 bits per heavy atom. The summed E-state index contributed by atoms with van der Waals surface area (Å²) >= 11 is 0. The van der Waals surface area contributed by atoms with E-state index >= 15 is 0 Å². The van der Waals surface area contributed by atoms with Crippen LogP contribution in [0.2, 0.25) is 0 Å². The molecule has 0 aliphatic carbocycles. The number of rotatable bonds is 8. The van der Waals surface area contributed by atoms with E-state index in [1.807, 2.05) is 13.8 Å². The van der Waals surface area contributed by atoms with Gasteiger partial charge in [0.2, 0.25) is 0 Å². The first-order valence-corrected chi connectivity index (χ1v) is 8.07. The third-order valence-corrected chi connectivity index (χ3v) is 4.13. The number of carbonyl (C=O) groups is 1. The Labute approximate surface area is 120 Å². The predicted octanol–water partition coefficient (Wildman–Crippen LogP) is 2.63. The summed E-state index contributed by atoms with van der Waals surface area (Å²) in [7, 11) is -3.78. The normalized spacial score (nSPS) is 11.6. The van der Waals surface area contributed by atoms with Crippen LogP contribution >= 0.6 is 0 Å². The number of Topliss-reactive ketones (excluding diaryl/α,β-unsaturated/α-hetero) is 1. The molecule has 0 fully saturated rings. The number of hydrogen-bond acceptors (Lipinski definition) is 4. The number of ketones is 1. The van der Waals surface area contributed by atoms with E-state index < -0.39 is 10.3 Å². The highest BCUT2D eigenvalue weighted by Crippen LogP contribution is 2.17. The molecule has 0 aliphatic rings. The fourth-order valence-electron chi connectivity index (χ4n) is 1.75. The van der Waals surface area contributed by atoms with Crippen molar-refractivity contribution in [3.8, 4) is 5.75 Å². The van der Waals surface area contributed by atoms with Crippen molar-refractivity contribution in [3.63, 3.8) is 0 Å². The van der Waals surface area contributed by atoms with Crippen molar-refractivity contribution in [2.45, 2.75) is 33.6 Å². The molecule has 0 heterocycles. The number of hydrogen-bond donors (Lipinski definition) is 0. The molecule has 0 aliphatic heterocycles. The Hall–Kier alpha value is -1.40. The third-order valence-electron chi connectivity index (χ3n) is 2.72. The minimum Gasteiger partial charge on any atom is -0.371 e. The summed E-state index contributed by atoms with van der Waals surface area (Å²) in [5.41, 5.74) is 0.522. The largest absolute Gasteiger partial charge is 0.385 e. The fraction of sp³-hybridized carbons (Fsp3) is 0.500. The Balaban J connectivity index is 2.86. The summed E-state index contributed by atoms with van der Waals surface area (Å²) < 4.78 is 30.7. The zero-order valence-electron chi connectivity index (χ0n) is 12.1. The Morgan fingerprint density at radius 3 is 2.00 bits per heavy atom. The SMILES string of the molecule is CCCN(CCC)S(=O)(=O)Oc1ccc(C(C)=O)cc1. The minimum atomic E-state index is -3.78. The molecule has 0 amide bonds. The first-order chi connectivity index (χ1) is 9.40. The molecule has 0 spiro atoms. The molecule has 1 aromatic rings. The van der Waals surface area contributed by atoms with Crippen LogP contribution in [0.5, 0.6) is 5.75 Å². The van der Waals surface area contributed by atoms with Gasteiger partial charge in [0.25, 0.3) is 0 Å². The summed E-state index contributed by atoms with van der Waals surface area (Å²) in [4.78, 5) is 11.2. The van der Waals surface area contributed by atoms with Crippen LogP contribution in [-0.4, -0.2) is 31.6 Å².